The highest BCUT2D eigenvalue weighted by Crippen LogP contribution is 2.29. The molecule has 2 heterocycles. The molecule has 0 bridgehead atoms. The predicted octanol–water partition coefficient (Wildman–Crippen LogP) is 1.78. The second-order valence-electron chi connectivity index (χ2n) is 6.58. The van der Waals surface area contributed by atoms with Crippen LogP contribution in [0.1, 0.15) is 25.0 Å². The van der Waals surface area contributed by atoms with E-state index in [-0.39, 0.29) is 12.0 Å². The SMILES string of the molecule is CN(CC1CC1)CC1CN(C(=O)CCc2ccco2)CCO1. The lowest BCUT2D eigenvalue weighted by Gasteiger charge is -2.35. The molecule has 1 saturated carbocycles. The molecule has 1 aliphatic heterocycles. The molecule has 5 nitrogen and oxygen atoms in total. The first kappa shape index (κ1) is 15.6. The molecule has 0 N–H and O–H groups in total. The van der Waals surface area contributed by atoms with Gasteiger partial charge in [-0.2, -0.15) is 0 Å². The molecule has 1 aromatic rings. The van der Waals surface area contributed by atoms with E-state index in [4.69, 9.17) is 9.15 Å². The number of amides is 1. The molecule has 1 saturated heterocycles. The molecule has 0 radical (unpaired) electrons. The average molecular weight is 306 g/mol. The molecule has 1 unspecified atom stereocenters. The number of aryl methyl sites for hydroxylation is 1. The van der Waals surface area contributed by atoms with E-state index in [9.17, 15) is 4.79 Å². The van der Waals surface area contributed by atoms with Crippen LogP contribution in [0.5, 0.6) is 0 Å². The quantitative estimate of drug-likeness (QED) is 0.770. The number of carbonyl (C=O) groups excluding carboxylic acids is 1. The number of morpholine rings is 1. The van der Waals surface area contributed by atoms with E-state index < -0.39 is 0 Å². The summed E-state index contributed by atoms with van der Waals surface area (Å²) in [5.41, 5.74) is 0. The van der Waals surface area contributed by atoms with Gasteiger partial charge in [0.05, 0.1) is 19.0 Å². The number of ether oxygens (including phenoxy) is 1. The van der Waals surface area contributed by atoms with E-state index >= 15 is 0 Å². The molecular formula is C17H26N2O3. The average Bonchev–Trinajstić information content (AvgIpc) is 3.16. The second kappa shape index (κ2) is 7.29. The van der Waals surface area contributed by atoms with Crippen molar-refractivity contribution in [2.45, 2.75) is 31.8 Å². The molecule has 1 atom stereocenters. The summed E-state index contributed by atoms with van der Waals surface area (Å²) < 4.78 is 11.1. The van der Waals surface area contributed by atoms with Gasteiger partial charge in [0, 0.05) is 39.0 Å². The van der Waals surface area contributed by atoms with Crippen LogP contribution in [-0.2, 0) is 16.0 Å². The molecule has 3 rings (SSSR count). The fraction of sp³-hybridized carbons (Fsp3) is 0.706. The van der Waals surface area contributed by atoms with Gasteiger partial charge in [0.1, 0.15) is 5.76 Å². The van der Waals surface area contributed by atoms with Gasteiger partial charge in [-0.05, 0) is 37.9 Å². The Morgan fingerprint density at radius 1 is 1.41 bits per heavy atom. The van der Waals surface area contributed by atoms with Crippen LogP contribution in [-0.4, -0.2) is 61.6 Å². The molecule has 22 heavy (non-hydrogen) atoms. The zero-order valence-corrected chi connectivity index (χ0v) is 13.4. The van der Waals surface area contributed by atoms with Crippen molar-refractivity contribution in [1.29, 1.82) is 0 Å². The maximum Gasteiger partial charge on any atom is 0.223 e. The van der Waals surface area contributed by atoms with Crippen LogP contribution in [0.2, 0.25) is 0 Å². The zero-order valence-electron chi connectivity index (χ0n) is 13.4. The predicted molar refractivity (Wildman–Crippen MR) is 83.6 cm³/mol. The van der Waals surface area contributed by atoms with Crippen LogP contribution in [0.15, 0.2) is 22.8 Å². The van der Waals surface area contributed by atoms with Crippen LogP contribution in [0.4, 0.5) is 0 Å². The summed E-state index contributed by atoms with van der Waals surface area (Å²) in [4.78, 5) is 16.6. The Hall–Kier alpha value is -1.33. The molecule has 0 spiro atoms. The first-order valence-corrected chi connectivity index (χ1v) is 8.31. The summed E-state index contributed by atoms with van der Waals surface area (Å²) >= 11 is 0. The molecule has 122 valence electrons. The Labute approximate surface area is 132 Å². The Bertz CT molecular complexity index is 470. The smallest absolute Gasteiger partial charge is 0.223 e. The monoisotopic (exact) mass is 306 g/mol. The number of hydrogen-bond acceptors (Lipinski definition) is 4. The van der Waals surface area contributed by atoms with Gasteiger partial charge in [0.2, 0.25) is 5.91 Å². The molecule has 2 fully saturated rings. The number of hydrogen-bond donors (Lipinski definition) is 0. The first-order valence-electron chi connectivity index (χ1n) is 8.31. The third-order valence-corrected chi connectivity index (χ3v) is 4.44. The second-order valence-corrected chi connectivity index (χ2v) is 6.58. The van der Waals surface area contributed by atoms with Crippen molar-refractivity contribution in [3.63, 3.8) is 0 Å². The van der Waals surface area contributed by atoms with Crippen molar-refractivity contribution in [2.75, 3.05) is 39.8 Å². The van der Waals surface area contributed by atoms with E-state index in [1.54, 1.807) is 6.26 Å². The van der Waals surface area contributed by atoms with Crippen LogP contribution in [0.3, 0.4) is 0 Å². The van der Waals surface area contributed by atoms with E-state index in [2.05, 4.69) is 11.9 Å². The highest BCUT2D eigenvalue weighted by atomic mass is 16.5. The maximum absolute atomic E-state index is 12.3. The topological polar surface area (TPSA) is 45.9 Å². The molecule has 1 amide bonds. The van der Waals surface area contributed by atoms with Gasteiger partial charge in [-0.3, -0.25) is 4.79 Å². The molecule has 5 heteroatoms. The van der Waals surface area contributed by atoms with Gasteiger partial charge in [0.25, 0.3) is 0 Å². The van der Waals surface area contributed by atoms with Crippen molar-refractivity contribution in [3.8, 4) is 0 Å². The van der Waals surface area contributed by atoms with Gasteiger partial charge >= 0.3 is 0 Å². The van der Waals surface area contributed by atoms with Crippen LogP contribution < -0.4 is 0 Å². The summed E-state index contributed by atoms with van der Waals surface area (Å²) in [6.07, 6.45) is 5.72. The van der Waals surface area contributed by atoms with E-state index in [0.29, 0.717) is 32.5 Å². The Kier molecular flexibility index (Phi) is 5.16. The van der Waals surface area contributed by atoms with Gasteiger partial charge in [0.15, 0.2) is 0 Å². The summed E-state index contributed by atoms with van der Waals surface area (Å²) in [5, 5.41) is 0. The number of nitrogens with zero attached hydrogens (tertiary/aromatic N) is 2. The van der Waals surface area contributed by atoms with Gasteiger partial charge in [-0.1, -0.05) is 0 Å². The minimum absolute atomic E-state index is 0.144. The minimum atomic E-state index is 0.144. The first-order chi connectivity index (χ1) is 10.7. The van der Waals surface area contributed by atoms with E-state index in [0.717, 1.165) is 24.8 Å². The molecular weight excluding hydrogens is 280 g/mol. The van der Waals surface area contributed by atoms with Crippen molar-refractivity contribution in [1.82, 2.24) is 9.80 Å². The van der Waals surface area contributed by atoms with Crippen molar-refractivity contribution < 1.29 is 13.9 Å². The number of likely N-dealkylation sites (N-methyl/N-ethyl adjacent to an activating group) is 1. The Morgan fingerprint density at radius 3 is 3.00 bits per heavy atom. The normalized spacial score (nSPS) is 22.3. The largest absolute Gasteiger partial charge is 0.469 e. The Balaban J connectivity index is 1.41. The van der Waals surface area contributed by atoms with Crippen molar-refractivity contribution >= 4 is 5.91 Å². The van der Waals surface area contributed by atoms with E-state index in [1.807, 2.05) is 17.0 Å². The lowest BCUT2D eigenvalue weighted by atomic mass is 10.2. The summed E-state index contributed by atoms with van der Waals surface area (Å²) in [6.45, 7) is 4.14. The lowest BCUT2D eigenvalue weighted by Crippen LogP contribution is -2.49. The number of carbonyl (C=O) groups is 1. The lowest BCUT2D eigenvalue weighted by molar-refractivity contribution is -0.139. The van der Waals surface area contributed by atoms with E-state index in [1.165, 1.54) is 12.8 Å². The highest BCUT2D eigenvalue weighted by molar-refractivity contribution is 5.76. The minimum Gasteiger partial charge on any atom is -0.469 e. The molecule has 1 aromatic heterocycles. The fourth-order valence-electron chi connectivity index (χ4n) is 3.06. The molecule has 1 aliphatic carbocycles. The van der Waals surface area contributed by atoms with Gasteiger partial charge < -0.3 is 19.0 Å². The Morgan fingerprint density at radius 2 is 2.27 bits per heavy atom. The third kappa shape index (κ3) is 4.58. The number of furan rings is 1. The summed E-state index contributed by atoms with van der Waals surface area (Å²) in [6, 6.07) is 3.78. The van der Waals surface area contributed by atoms with Crippen LogP contribution in [0, 0.1) is 5.92 Å². The fourth-order valence-corrected chi connectivity index (χ4v) is 3.06. The van der Waals surface area contributed by atoms with Gasteiger partial charge in [-0.15, -0.1) is 0 Å². The van der Waals surface area contributed by atoms with Crippen molar-refractivity contribution in [3.05, 3.63) is 24.2 Å². The number of rotatable bonds is 7. The van der Waals surface area contributed by atoms with Crippen molar-refractivity contribution in [2.24, 2.45) is 5.92 Å². The standard InChI is InChI=1S/C17H26N2O3/c1-18(11-14-4-5-14)12-16-13-19(8-10-22-16)17(20)7-6-15-3-2-9-21-15/h2-3,9,14,16H,4-8,10-13H2,1H3. The molecule has 2 aliphatic rings. The molecule has 0 aromatic carbocycles. The van der Waals surface area contributed by atoms with Crippen LogP contribution >= 0.6 is 0 Å². The van der Waals surface area contributed by atoms with Crippen LogP contribution in [0.25, 0.3) is 0 Å². The summed E-state index contributed by atoms with van der Waals surface area (Å²) in [7, 11) is 2.15. The van der Waals surface area contributed by atoms with Gasteiger partial charge in [-0.25, -0.2) is 0 Å². The summed E-state index contributed by atoms with van der Waals surface area (Å²) in [5.74, 6) is 1.97. The third-order valence-electron chi connectivity index (χ3n) is 4.44. The zero-order chi connectivity index (χ0) is 15.4. The maximum atomic E-state index is 12.3. The highest BCUT2D eigenvalue weighted by Gasteiger charge is 2.27.